The van der Waals surface area contributed by atoms with Gasteiger partial charge in [-0.3, -0.25) is 9.67 Å². The number of hydrogen-bond acceptors (Lipinski definition) is 4. The predicted molar refractivity (Wildman–Crippen MR) is 73.3 cm³/mol. The van der Waals surface area contributed by atoms with Crippen molar-refractivity contribution in [3.8, 4) is 0 Å². The molecule has 1 unspecified atom stereocenters. The van der Waals surface area contributed by atoms with Crippen molar-refractivity contribution in [1.29, 1.82) is 0 Å². The third-order valence-corrected chi connectivity index (χ3v) is 5.61. The lowest BCUT2D eigenvalue weighted by atomic mass is 10.1. The Hall–Kier alpha value is -1.73. The van der Waals surface area contributed by atoms with Crippen LogP contribution in [0.3, 0.4) is 0 Å². The van der Waals surface area contributed by atoms with Crippen LogP contribution in [0.25, 0.3) is 0 Å². The van der Waals surface area contributed by atoms with E-state index in [2.05, 4.69) is 10.1 Å². The highest BCUT2D eigenvalue weighted by molar-refractivity contribution is 7.89. The lowest BCUT2D eigenvalue weighted by molar-refractivity contribution is 0.391. The molecule has 106 valence electrons. The molecule has 2 aromatic heterocycles. The van der Waals surface area contributed by atoms with E-state index in [-0.39, 0.29) is 11.1 Å². The zero-order chi connectivity index (χ0) is 14.2. The van der Waals surface area contributed by atoms with Crippen LogP contribution in [-0.2, 0) is 17.1 Å². The number of pyridine rings is 1. The molecule has 0 aromatic carbocycles. The van der Waals surface area contributed by atoms with Crippen molar-refractivity contribution >= 4 is 10.0 Å². The molecule has 20 heavy (non-hydrogen) atoms. The van der Waals surface area contributed by atoms with E-state index in [1.165, 1.54) is 16.9 Å². The summed E-state index contributed by atoms with van der Waals surface area (Å²) in [6, 6.07) is 5.16. The number of hydrogen-bond donors (Lipinski definition) is 0. The van der Waals surface area contributed by atoms with Crippen molar-refractivity contribution < 1.29 is 8.42 Å². The molecule has 3 rings (SSSR count). The van der Waals surface area contributed by atoms with Gasteiger partial charge in [-0.15, -0.1) is 0 Å². The van der Waals surface area contributed by atoms with Gasteiger partial charge in [0.05, 0.1) is 12.2 Å². The van der Waals surface area contributed by atoms with Gasteiger partial charge in [-0.1, -0.05) is 6.07 Å². The largest absolute Gasteiger partial charge is 0.264 e. The van der Waals surface area contributed by atoms with Gasteiger partial charge in [0, 0.05) is 26.0 Å². The van der Waals surface area contributed by atoms with Crippen molar-refractivity contribution in [3.05, 3.63) is 42.4 Å². The van der Waals surface area contributed by atoms with Gasteiger partial charge in [0.1, 0.15) is 0 Å². The van der Waals surface area contributed by atoms with Crippen LogP contribution in [0.4, 0.5) is 0 Å². The second-order valence-corrected chi connectivity index (χ2v) is 6.69. The first-order chi connectivity index (χ1) is 9.60. The highest BCUT2D eigenvalue weighted by atomic mass is 32.2. The Morgan fingerprint density at radius 1 is 1.30 bits per heavy atom. The lowest BCUT2D eigenvalue weighted by Crippen LogP contribution is -2.32. The fraction of sp³-hybridized carbons (Fsp3) is 0.385. The van der Waals surface area contributed by atoms with E-state index in [9.17, 15) is 8.42 Å². The van der Waals surface area contributed by atoms with Gasteiger partial charge in [0.2, 0.25) is 0 Å². The topological polar surface area (TPSA) is 68.1 Å². The Labute approximate surface area is 118 Å². The van der Waals surface area contributed by atoms with E-state index in [0.29, 0.717) is 6.54 Å². The molecule has 6 nitrogen and oxygen atoms in total. The molecule has 1 saturated heterocycles. The minimum Gasteiger partial charge on any atom is -0.264 e. The number of nitrogens with zero attached hydrogens (tertiary/aromatic N) is 4. The van der Waals surface area contributed by atoms with Gasteiger partial charge in [0.15, 0.2) is 5.03 Å². The maximum Gasteiger partial charge on any atom is 0.260 e. The summed E-state index contributed by atoms with van der Waals surface area (Å²) >= 11 is 0. The van der Waals surface area contributed by atoms with Crippen LogP contribution in [0, 0.1) is 0 Å². The SMILES string of the molecule is Cn1nccc1S(=O)(=O)N1CCCC1c1cccnc1. The summed E-state index contributed by atoms with van der Waals surface area (Å²) in [5.41, 5.74) is 0.941. The maximum absolute atomic E-state index is 12.7. The van der Waals surface area contributed by atoms with Gasteiger partial charge >= 0.3 is 0 Å². The summed E-state index contributed by atoms with van der Waals surface area (Å²) in [5, 5.41) is 4.18. The molecule has 2 aromatic rings. The molecule has 1 atom stereocenters. The summed E-state index contributed by atoms with van der Waals surface area (Å²) in [6.45, 7) is 0.535. The normalized spacial score (nSPS) is 20.4. The van der Waals surface area contributed by atoms with Crippen molar-refractivity contribution in [1.82, 2.24) is 19.1 Å². The maximum atomic E-state index is 12.7. The van der Waals surface area contributed by atoms with Crippen molar-refractivity contribution in [2.75, 3.05) is 6.54 Å². The van der Waals surface area contributed by atoms with Crippen molar-refractivity contribution in [2.45, 2.75) is 23.9 Å². The van der Waals surface area contributed by atoms with Crippen LogP contribution >= 0.6 is 0 Å². The van der Waals surface area contributed by atoms with E-state index in [4.69, 9.17) is 0 Å². The van der Waals surface area contributed by atoms with E-state index >= 15 is 0 Å². The molecule has 0 radical (unpaired) electrons. The van der Waals surface area contributed by atoms with Crippen molar-refractivity contribution in [3.63, 3.8) is 0 Å². The minimum atomic E-state index is -3.52. The quantitative estimate of drug-likeness (QED) is 0.856. The summed E-state index contributed by atoms with van der Waals surface area (Å²) in [7, 11) is -1.88. The molecule has 1 aliphatic heterocycles. The highest BCUT2D eigenvalue weighted by Gasteiger charge is 2.37. The van der Waals surface area contributed by atoms with E-state index in [1.807, 2.05) is 12.1 Å². The molecule has 0 bridgehead atoms. The van der Waals surface area contributed by atoms with Gasteiger partial charge < -0.3 is 0 Å². The molecule has 0 spiro atoms. The molecule has 1 aliphatic rings. The first kappa shape index (κ1) is 13.3. The number of aromatic nitrogens is 3. The zero-order valence-corrected chi connectivity index (χ0v) is 12.0. The van der Waals surface area contributed by atoms with Gasteiger partial charge in [0.25, 0.3) is 10.0 Å². The van der Waals surface area contributed by atoms with E-state index < -0.39 is 10.0 Å². The third-order valence-electron chi connectivity index (χ3n) is 3.62. The van der Waals surface area contributed by atoms with Gasteiger partial charge in [-0.2, -0.15) is 9.40 Å². The minimum absolute atomic E-state index is 0.136. The van der Waals surface area contributed by atoms with Crippen LogP contribution in [0.15, 0.2) is 41.8 Å². The van der Waals surface area contributed by atoms with Crippen LogP contribution in [-0.4, -0.2) is 34.0 Å². The molecular formula is C13H16N4O2S. The first-order valence-corrected chi connectivity index (χ1v) is 7.94. The average Bonchev–Trinajstić information content (AvgIpc) is 3.08. The predicted octanol–water partition coefficient (Wildman–Crippen LogP) is 1.34. The number of rotatable bonds is 3. The second kappa shape index (κ2) is 4.99. The Bertz CT molecular complexity index is 696. The zero-order valence-electron chi connectivity index (χ0n) is 11.2. The molecule has 3 heterocycles. The van der Waals surface area contributed by atoms with E-state index in [1.54, 1.807) is 23.7 Å². The summed E-state index contributed by atoms with van der Waals surface area (Å²) in [6.07, 6.45) is 6.61. The Morgan fingerprint density at radius 3 is 2.80 bits per heavy atom. The Morgan fingerprint density at radius 2 is 2.15 bits per heavy atom. The summed E-state index contributed by atoms with van der Waals surface area (Å²) in [4.78, 5) is 4.09. The fourth-order valence-corrected chi connectivity index (χ4v) is 4.45. The Kier molecular flexibility index (Phi) is 3.31. The average molecular weight is 292 g/mol. The van der Waals surface area contributed by atoms with Crippen LogP contribution < -0.4 is 0 Å². The molecule has 0 aliphatic carbocycles. The molecule has 0 amide bonds. The Balaban J connectivity index is 1.99. The summed E-state index contributed by atoms with van der Waals surface area (Å²) < 4.78 is 28.4. The highest BCUT2D eigenvalue weighted by Crippen LogP contribution is 2.35. The molecule has 0 N–H and O–H groups in total. The smallest absolute Gasteiger partial charge is 0.260 e. The fourth-order valence-electron chi connectivity index (χ4n) is 2.67. The second-order valence-electron chi connectivity index (χ2n) is 4.85. The lowest BCUT2D eigenvalue weighted by Gasteiger charge is -2.23. The first-order valence-electron chi connectivity index (χ1n) is 6.50. The van der Waals surface area contributed by atoms with Crippen LogP contribution in [0.5, 0.6) is 0 Å². The van der Waals surface area contributed by atoms with Crippen LogP contribution in [0.2, 0.25) is 0 Å². The number of aryl methyl sites for hydroxylation is 1. The van der Waals surface area contributed by atoms with Gasteiger partial charge in [-0.25, -0.2) is 8.42 Å². The van der Waals surface area contributed by atoms with Crippen molar-refractivity contribution in [2.24, 2.45) is 7.05 Å². The van der Waals surface area contributed by atoms with Gasteiger partial charge in [-0.05, 0) is 30.5 Å². The monoisotopic (exact) mass is 292 g/mol. The molecular weight excluding hydrogens is 276 g/mol. The summed E-state index contributed by atoms with van der Waals surface area (Å²) in [5.74, 6) is 0. The molecule has 1 fully saturated rings. The molecule has 7 heteroatoms. The third kappa shape index (κ3) is 2.12. The van der Waals surface area contributed by atoms with Crippen LogP contribution in [0.1, 0.15) is 24.4 Å². The molecule has 0 saturated carbocycles. The number of sulfonamides is 1. The van der Waals surface area contributed by atoms with E-state index in [0.717, 1.165) is 18.4 Å². The standard InChI is InChI=1S/C13H16N4O2S/c1-16-13(6-8-15-16)20(18,19)17-9-3-5-12(17)11-4-2-7-14-10-11/h2,4,6-8,10,12H,3,5,9H2,1H3.